The molecule has 0 radical (unpaired) electrons. The van der Waals surface area contributed by atoms with E-state index in [1.807, 2.05) is 0 Å². The van der Waals surface area contributed by atoms with Gasteiger partial charge in [-0.05, 0) is 42.8 Å². The van der Waals surface area contributed by atoms with E-state index in [0.29, 0.717) is 23.5 Å². The molecule has 1 aliphatic rings. The van der Waals surface area contributed by atoms with Crippen molar-refractivity contribution in [3.8, 4) is 0 Å². The molecule has 0 bridgehead atoms. The van der Waals surface area contributed by atoms with Gasteiger partial charge in [0, 0.05) is 25.0 Å². The van der Waals surface area contributed by atoms with Crippen molar-refractivity contribution in [2.45, 2.75) is 12.5 Å². The van der Waals surface area contributed by atoms with Crippen LogP contribution in [0.5, 0.6) is 0 Å². The minimum Gasteiger partial charge on any atom is -0.340 e. The van der Waals surface area contributed by atoms with Crippen LogP contribution in [0.4, 0.5) is 15.9 Å². The highest BCUT2D eigenvalue weighted by Gasteiger charge is 2.33. The SMILES string of the molecule is CN(C(=O)c1ccc(Nc2ccc(F)cc2)nc1)C1CCS(=O)(=O)C1. The van der Waals surface area contributed by atoms with E-state index in [0.717, 1.165) is 0 Å². The zero-order chi connectivity index (χ0) is 18.0. The van der Waals surface area contributed by atoms with E-state index in [1.165, 1.54) is 23.2 Å². The highest BCUT2D eigenvalue weighted by Crippen LogP contribution is 2.19. The number of anilines is 2. The van der Waals surface area contributed by atoms with Gasteiger partial charge in [-0.1, -0.05) is 0 Å². The summed E-state index contributed by atoms with van der Waals surface area (Å²) in [5.74, 6) is 0.0645. The summed E-state index contributed by atoms with van der Waals surface area (Å²) in [6.45, 7) is 0. The van der Waals surface area contributed by atoms with Crippen LogP contribution in [0.15, 0.2) is 42.6 Å². The first-order valence-corrected chi connectivity index (χ1v) is 9.62. The Labute approximate surface area is 145 Å². The minimum absolute atomic E-state index is 0.00682. The number of benzene rings is 1. The van der Waals surface area contributed by atoms with Gasteiger partial charge in [-0.3, -0.25) is 4.79 Å². The standard InChI is InChI=1S/C17H18FN3O3S/c1-21(15-8-9-25(23,24)11-15)17(22)12-2-7-16(19-10-12)20-14-5-3-13(18)4-6-14/h2-7,10,15H,8-9,11H2,1H3,(H,19,20). The van der Waals surface area contributed by atoms with Gasteiger partial charge in [0.1, 0.15) is 11.6 Å². The summed E-state index contributed by atoms with van der Waals surface area (Å²) < 4.78 is 36.0. The predicted octanol–water partition coefficient (Wildman–Crippen LogP) is 2.22. The number of nitrogens with one attached hydrogen (secondary N) is 1. The maximum Gasteiger partial charge on any atom is 0.255 e. The van der Waals surface area contributed by atoms with Gasteiger partial charge in [-0.15, -0.1) is 0 Å². The van der Waals surface area contributed by atoms with E-state index in [-0.39, 0.29) is 29.3 Å². The van der Waals surface area contributed by atoms with Gasteiger partial charge >= 0.3 is 0 Å². The first-order valence-electron chi connectivity index (χ1n) is 7.80. The number of hydrogen-bond acceptors (Lipinski definition) is 5. The molecule has 1 aromatic heterocycles. The Morgan fingerprint density at radius 2 is 1.96 bits per heavy atom. The fourth-order valence-electron chi connectivity index (χ4n) is 2.73. The summed E-state index contributed by atoms with van der Waals surface area (Å²) in [5.41, 5.74) is 1.07. The number of halogens is 1. The van der Waals surface area contributed by atoms with Crippen molar-refractivity contribution >= 4 is 27.2 Å². The largest absolute Gasteiger partial charge is 0.340 e. The Kier molecular flexibility index (Phi) is 4.71. The van der Waals surface area contributed by atoms with Crippen molar-refractivity contribution in [1.82, 2.24) is 9.88 Å². The third-order valence-corrected chi connectivity index (χ3v) is 5.95. The second kappa shape index (κ2) is 6.79. The molecule has 2 aromatic rings. The van der Waals surface area contributed by atoms with Crippen molar-refractivity contribution < 1.29 is 17.6 Å². The summed E-state index contributed by atoms with van der Waals surface area (Å²) in [6.07, 6.45) is 1.90. The van der Waals surface area contributed by atoms with E-state index >= 15 is 0 Å². The van der Waals surface area contributed by atoms with Crippen LogP contribution in [0.1, 0.15) is 16.8 Å². The molecule has 0 saturated carbocycles. The van der Waals surface area contributed by atoms with Crippen LogP contribution in [0.3, 0.4) is 0 Å². The maximum absolute atomic E-state index is 12.9. The number of hydrogen-bond donors (Lipinski definition) is 1. The summed E-state index contributed by atoms with van der Waals surface area (Å²) in [6, 6.07) is 8.83. The zero-order valence-electron chi connectivity index (χ0n) is 13.6. The van der Waals surface area contributed by atoms with Gasteiger partial charge in [0.05, 0.1) is 17.1 Å². The molecule has 0 spiro atoms. The Balaban J connectivity index is 1.67. The smallest absolute Gasteiger partial charge is 0.255 e. The fraction of sp³-hybridized carbons (Fsp3) is 0.294. The number of carbonyl (C=O) groups is 1. The lowest BCUT2D eigenvalue weighted by Gasteiger charge is -2.23. The third kappa shape index (κ3) is 4.14. The molecule has 1 unspecified atom stereocenters. The van der Waals surface area contributed by atoms with Crippen LogP contribution >= 0.6 is 0 Å². The first-order chi connectivity index (χ1) is 11.8. The van der Waals surface area contributed by atoms with Gasteiger partial charge in [-0.2, -0.15) is 0 Å². The second-order valence-corrected chi connectivity index (χ2v) is 8.27. The molecule has 0 aliphatic carbocycles. The first kappa shape index (κ1) is 17.3. The van der Waals surface area contributed by atoms with Crippen LogP contribution in [0, 0.1) is 5.82 Å². The molecular formula is C17H18FN3O3S. The number of sulfone groups is 1. The molecule has 6 nitrogen and oxygen atoms in total. The minimum atomic E-state index is -3.05. The topological polar surface area (TPSA) is 79.4 Å². The van der Waals surface area contributed by atoms with E-state index in [9.17, 15) is 17.6 Å². The predicted molar refractivity (Wildman–Crippen MR) is 93.1 cm³/mol. The van der Waals surface area contributed by atoms with Crippen LogP contribution < -0.4 is 5.32 Å². The number of aromatic nitrogens is 1. The molecule has 1 N–H and O–H groups in total. The fourth-order valence-corrected chi connectivity index (χ4v) is 4.50. The monoisotopic (exact) mass is 363 g/mol. The van der Waals surface area contributed by atoms with Crippen molar-refractivity contribution in [1.29, 1.82) is 0 Å². The molecule has 1 aromatic carbocycles. The summed E-state index contributed by atoms with van der Waals surface area (Å²) in [7, 11) is -1.44. The van der Waals surface area contributed by atoms with Gasteiger partial charge in [-0.25, -0.2) is 17.8 Å². The Hall–Kier alpha value is -2.48. The Morgan fingerprint density at radius 1 is 1.24 bits per heavy atom. The number of carbonyl (C=O) groups excluding carboxylic acids is 1. The lowest BCUT2D eigenvalue weighted by atomic mass is 10.2. The van der Waals surface area contributed by atoms with Crippen LogP contribution in [0.2, 0.25) is 0 Å². The molecule has 1 fully saturated rings. The van der Waals surface area contributed by atoms with Crippen molar-refractivity contribution in [2.24, 2.45) is 0 Å². The van der Waals surface area contributed by atoms with Crippen molar-refractivity contribution in [3.05, 3.63) is 54.0 Å². The van der Waals surface area contributed by atoms with Crippen LogP contribution in [-0.2, 0) is 9.84 Å². The van der Waals surface area contributed by atoms with E-state index < -0.39 is 9.84 Å². The molecule has 8 heteroatoms. The molecule has 1 atom stereocenters. The van der Waals surface area contributed by atoms with Crippen molar-refractivity contribution in [3.63, 3.8) is 0 Å². The lowest BCUT2D eigenvalue weighted by Crippen LogP contribution is -2.37. The van der Waals surface area contributed by atoms with E-state index in [1.54, 1.807) is 31.3 Å². The third-order valence-electron chi connectivity index (χ3n) is 4.20. The maximum atomic E-state index is 12.9. The Morgan fingerprint density at radius 3 is 2.52 bits per heavy atom. The number of nitrogens with zero attached hydrogens (tertiary/aromatic N) is 2. The van der Waals surface area contributed by atoms with Crippen LogP contribution in [0.25, 0.3) is 0 Å². The average Bonchev–Trinajstić information content (AvgIpc) is 2.96. The molecular weight excluding hydrogens is 345 g/mol. The van der Waals surface area contributed by atoms with Gasteiger partial charge in [0.25, 0.3) is 5.91 Å². The second-order valence-electron chi connectivity index (χ2n) is 6.04. The van der Waals surface area contributed by atoms with Gasteiger partial charge < -0.3 is 10.2 Å². The average molecular weight is 363 g/mol. The molecule has 1 amide bonds. The quantitative estimate of drug-likeness (QED) is 0.901. The lowest BCUT2D eigenvalue weighted by molar-refractivity contribution is 0.0747. The number of rotatable bonds is 4. The molecule has 25 heavy (non-hydrogen) atoms. The summed E-state index contributed by atoms with van der Waals surface area (Å²) >= 11 is 0. The summed E-state index contributed by atoms with van der Waals surface area (Å²) in [4.78, 5) is 18.1. The van der Waals surface area contributed by atoms with E-state index in [4.69, 9.17) is 0 Å². The normalized spacial score (nSPS) is 18.7. The van der Waals surface area contributed by atoms with Gasteiger partial charge in [0.2, 0.25) is 0 Å². The molecule has 1 aliphatic heterocycles. The van der Waals surface area contributed by atoms with Crippen LogP contribution in [-0.4, -0.2) is 48.8 Å². The highest BCUT2D eigenvalue weighted by molar-refractivity contribution is 7.91. The Bertz CT molecular complexity index is 867. The zero-order valence-corrected chi connectivity index (χ0v) is 14.5. The molecule has 132 valence electrons. The number of pyridine rings is 1. The van der Waals surface area contributed by atoms with Crippen molar-refractivity contribution in [2.75, 3.05) is 23.9 Å². The highest BCUT2D eigenvalue weighted by atomic mass is 32.2. The molecule has 2 heterocycles. The molecule has 1 saturated heterocycles. The van der Waals surface area contributed by atoms with E-state index in [2.05, 4.69) is 10.3 Å². The molecule has 3 rings (SSSR count). The van der Waals surface area contributed by atoms with Gasteiger partial charge in [0.15, 0.2) is 9.84 Å². The summed E-state index contributed by atoms with van der Waals surface area (Å²) in [5, 5.41) is 3.01. The number of amides is 1.